The Morgan fingerprint density at radius 2 is 2.14 bits per heavy atom. The molecule has 1 aromatic carbocycles. The van der Waals surface area contributed by atoms with Gasteiger partial charge in [-0.1, -0.05) is 19.9 Å². The summed E-state index contributed by atoms with van der Waals surface area (Å²) in [4.78, 5) is 0. The molecule has 1 unspecified atom stereocenters. The van der Waals surface area contributed by atoms with Crippen LogP contribution < -0.4 is 14.8 Å². The van der Waals surface area contributed by atoms with Crippen LogP contribution in [0.15, 0.2) is 18.2 Å². The third-order valence-corrected chi connectivity index (χ3v) is 5.20. The highest BCUT2D eigenvalue weighted by Crippen LogP contribution is 2.28. The summed E-state index contributed by atoms with van der Waals surface area (Å²) >= 11 is 0. The molecule has 1 aliphatic rings. The first-order chi connectivity index (χ1) is 9.89. The highest BCUT2D eigenvalue weighted by Gasteiger charge is 2.29. The number of sulfone groups is 1. The SMILES string of the molecule is COc1ccc(CNC(C)C)c(OC2CCS(=O)(=O)C2)c1. The first-order valence-electron chi connectivity index (χ1n) is 7.17. The molecular formula is C15H23NO4S. The zero-order chi connectivity index (χ0) is 15.5. The van der Waals surface area contributed by atoms with Crippen LogP contribution in [0.3, 0.4) is 0 Å². The zero-order valence-corrected chi connectivity index (χ0v) is 13.6. The first-order valence-corrected chi connectivity index (χ1v) is 8.99. The van der Waals surface area contributed by atoms with E-state index < -0.39 is 9.84 Å². The highest BCUT2D eigenvalue weighted by atomic mass is 32.2. The van der Waals surface area contributed by atoms with Gasteiger partial charge in [-0.05, 0) is 12.5 Å². The molecule has 0 aliphatic carbocycles. The normalized spacial score (nSPS) is 20.7. The quantitative estimate of drug-likeness (QED) is 0.867. The van der Waals surface area contributed by atoms with E-state index >= 15 is 0 Å². The van der Waals surface area contributed by atoms with Crippen molar-refractivity contribution in [2.45, 2.75) is 39.0 Å². The van der Waals surface area contributed by atoms with Gasteiger partial charge in [-0.2, -0.15) is 0 Å². The first kappa shape index (κ1) is 16.1. The molecule has 2 rings (SSSR count). The second kappa shape index (κ2) is 6.66. The van der Waals surface area contributed by atoms with E-state index in [-0.39, 0.29) is 17.6 Å². The molecule has 5 nitrogen and oxygen atoms in total. The van der Waals surface area contributed by atoms with Gasteiger partial charge in [0.25, 0.3) is 0 Å². The summed E-state index contributed by atoms with van der Waals surface area (Å²) in [6.45, 7) is 4.83. The zero-order valence-electron chi connectivity index (χ0n) is 12.8. The molecule has 1 aliphatic heterocycles. The van der Waals surface area contributed by atoms with E-state index in [0.29, 0.717) is 30.5 Å². The van der Waals surface area contributed by atoms with Crippen molar-refractivity contribution >= 4 is 9.84 Å². The summed E-state index contributed by atoms with van der Waals surface area (Å²) in [7, 11) is -1.34. The fourth-order valence-electron chi connectivity index (χ4n) is 2.27. The van der Waals surface area contributed by atoms with Gasteiger partial charge in [0.15, 0.2) is 9.84 Å². The van der Waals surface area contributed by atoms with Crippen LogP contribution in [0, 0.1) is 0 Å². The second-order valence-corrected chi connectivity index (χ2v) is 7.88. The van der Waals surface area contributed by atoms with Crippen LogP contribution in [0.25, 0.3) is 0 Å². The number of methoxy groups -OCH3 is 1. The lowest BCUT2D eigenvalue weighted by atomic mass is 10.1. The van der Waals surface area contributed by atoms with E-state index in [2.05, 4.69) is 19.2 Å². The molecule has 1 aromatic rings. The summed E-state index contributed by atoms with van der Waals surface area (Å²) in [6, 6.07) is 6.03. The Bertz CT molecular complexity index is 583. The average molecular weight is 313 g/mol. The van der Waals surface area contributed by atoms with Crippen molar-refractivity contribution in [3.05, 3.63) is 23.8 Å². The highest BCUT2D eigenvalue weighted by molar-refractivity contribution is 7.91. The average Bonchev–Trinajstić information content (AvgIpc) is 2.76. The maximum atomic E-state index is 11.5. The van der Waals surface area contributed by atoms with Crippen molar-refractivity contribution in [2.24, 2.45) is 0 Å². The van der Waals surface area contributed by atoms with E-state index in [1.807, 2.05) is 18.2 Å². The summed E-state index contributed by atoms with van der Waals surface area (Å²) < 4.78 is 34.2. The standard InChI is InChI=1S/C15H23NO4S/c1-11(2)16-9-12-4-5-13(19-3)8-15(12)20-14-6-7-21(17,18)10-14/h4-5,8,11,14,16H,6-7,9-10H2,1-3H3. The van der Waals surface area contributed by atoms with Gasteiger partial charge in [0, 0.05) is 24.2 Å². The summed E-state index contributed by atoms with van der Waals surface area (Å²) in [5, 5.41) is 3.34. The number of ether oxygens (including phenoxy) is 2. The molecule has 0 bridgehead atoms. The number of rotatable bonds is 6. The molecule has 1 fully saturated rings. The Kier molecular flexibility index (Phi) is 5.11. The predicted molar refractivity (Wildman–Crippen MR) is 82.7 cm³/mol. The Balaban J connectivity index is 2.14. The smallest absolute Gasteiger partial charge is 0.154 e. The topological polar surface area (TPSA) is 64.6 Å². The third kappa shape index (κ3) is 4.61. The third-order valence-electron chi connectivity index (χ3n) is 3.46. The minimum Gasteiger partial charge on any atom is -0.497 e. The van der Waals surface area contributed by atoms with E-state index in [0.717, 1.165) is 5.56 Å². The van der Waals surface area contributed by atoms with Crippen molar-refractivity contribution in [1.82, 2.24) is 5.32 Å². The van der Waals surface area contributed by atoms with Crippen molar-refractivity contribution in [2.75, 3.05) is 18.6 Å². The Hall–Kier alpha value is -1.27. The monoisotopic (exact) mass is 313 g/mol. The van der Waals surface area contributed by atoms with Crippen LogP contribution in [0.5, 0.6) is 11.5 Å². The van der Waals surface area contributed by atoms with Crippen LogP contribution >= 0.6 is 0 Å². The molecule has 21 heavy (non-hydrogen) atoms. The number of benzene rings is 1. The molecule has 6 heteroatoms. The van der Waals surface area contributed by atoms with Crippen LogP contribution in [-0.4, -0.2) is 39.2 Å². The molecule has 0 saturated carbocycles. The Morgan fingerprint density at radius 1 is 1.38 bits per heavy atom. The molecule has 1 saturated heterocycles. The maximum absolute atomic E-state index is 11.5. The molecule has 118 valence electrons. The fourth-order valence-corrected chi connectivity index (χ4v) is 3.85. The summed E-state index contributed by atoms with van der Waals surface area (Å²) in [5.74, 6) is 1.71. The second-order valence-electron chi connectivity index (χ2n) is 5.65. The number of hydrogen-bond donors (Lipinski definition) is 1. The van der Waals surface area contributed by atoms with E-state index in [1.54, 1.807) is 7.11 Å². The largest absolute Gasteiger partial charge is 0.497 e. The minimum atomic E-state index is -2.94. The predicted octanol–water partition coefficient (Wildman–Crippen LogP) is 1.76. The summed E-state index contributed by atoms with van der Waals surface area (Å²) in [5.41, 5.74) is 1.01. The van der Waals surface area contributed by atoms with E-state index in [9.17, 15) is 8.42 Å². The number of nitrogens with one attached hydrogen (secondary N) is 1. The molecule has 0 aromatic heterocycles. The van der Waals surface area contributed by atoms with Gasteiger partial charge in [-0.25, -0.2) is 8.42 Å². The van der Waals surface area contributed by atoms with Crippen molar-refractivity contribution in [3.8, 4) is 11.5 Å². The van der Waals surface area contributed by atoms with Gasteiger partial charge in [0.1, 0.15) is 17.6 Å². The van der Waals surface area contributed by atoms with Crippen LogP contribution in [-0.2, 0) is 16.4 Å². The van der Waals surface area contributed by atoms with Gasteiger partial charge < -0.3 is 14.8 Å². The van der Waals surface area contributed by atoms with Crippen molar-refractivity contribution in [1.29, 1.82) is 0 Å². The van der Waals surface area contributed by atoms with Crippen molar-refractivity contribution in [3.63, 3.8) is 0 Å². The van der Waals surface area contributed by atoms with Crippen molar-refractivity contribution < 1.29 is 17.9 Å². The lowest BCUT2D eigenvalue weighted by Crippen LogP contribution is -2.23. The fraction of sp³-hybridized carbons (Fsp3) is 0.600. The van der Waals surface area contributed by atoms with Gasteiger partial charge in [-0.15, -0.1) is 0 Å². The van der Waals surface area contributed by atoms with Gasteiger partial charge in [0.2, 0.25) is 0 Å². The molecular weight excluding hydrogens is 290 g/mol. The molecule has 1 atom stereocenters. The molecule has 0 spiro atoms. The van der Waals surface area contributed by atoms with E-state index in [4.69, 9.17) is 9.47 Å². The van der Waals surface area contributed by atoms with Crippen LogP contribution in [0.1, 0.15) is 25.8 Å². The lowest BCUT2D eigenvalue weighted by molar-refractivity contribution is 0.225. The van der Waals surface area contributed by atoms with Crippen LogP contribution in [0.2, 0.25) is 0 Å². The minimum absolute atomic E-state index is 0.0985. The summed E-state index contributed by atoms with van der Waals surface area (Å²) in [6.07, 6.45) is 0.288. The maximum Gasteiger partial charge on any atom is 0.154 e. The molecule has 0 amide bonds. The van der Waals surface area contributed by atoms with E-state index in [1.165, 1.54) is 0 Å². The van der Waals surface area contributed by atoms with Crippen LogP contribution in [0.4, 0.5) is 0 Å². The Labute approximate surface area is 126 Å². The lowest BCUT2D eigenvalue weighted by Gasteiger charge is -2.18. The number of hydrogen-bond acceptors (Lipinski definition) is 5. The molecule has 1 N–H and O–H groups in total. The molecule has 1 heterocycles. The molecule has 0 radical (unpaired) electrons. The Morgan fingerprint density at radius 3 is 2.71 bits per heavy atom. The van der Waals surface area contributed by atoms with Gasteiger partial charge in [-0.3, -0.25) is 0 Å². The van der Waals surface area contributed by atoms with Gasteiger partial charge >= 0.3 is 0 Å². The van der Waals surface area contributed by atoms with Gasteiger partial charge in [0.05, 0.1) is 18.6 Å².